The Kier molecular flexibility index (Phi) is 5.21. The molecule has 0 spiro atoms. The van der Waals surface area contributed by atoms with Crippen LogP contribution in [-0.2, 0) is 6.42 Å². The molecule has 0 amide bonds. The summed E-state index contributed by atoms with van der Waals surface area (Å²) >= 11 is 12.1. The minimum Gasteiger partial charge on any atom is -0.451 e. The molecule has 1 N–H and O–H groups in total. The fourth-order valence-electron chi connectivity index (χ4n) is 2.23. The third-order valence-electron chi connectivity index (χ3n) is 3.51. The summed E-state index contributed by atoms with van der Waals surface area (Å²) in [7, 11) is 0. The lowest BCUT2D eigenvalue weighted by Gasteiger charge is -2.13. The van der Waals surface area contributed by atoms with Gasteiger partial charge in [0.15, 0.2) is 11.6 Å². The molecular formula is C18H10Cl2FN3O2. The number of aromatic amines is 1. The number of rotatable bonds is 4. The van der Waals surface area contributed by atoms with Crippen LogP contribution in [0.15, 0.2) is 47.3 Å². The monoisotopic (exact) mass is 389 g/mol. The highest BCUT2D eigenvalue weighted by atomic mass is 35.5. The van der Waals surface area contributed by atoms with E-state index in [1.165, 1.54) is 42.5 Å². The molecule has 0 aliphatic rings. The molecule has 0 bridgehead atoms. The Bertz CT molecular complexity index is 1060. The third kappa shape index (κ3) is 3.85. The summed E-state index contributed by atoms with van der Waals surface area (Å²) in [6.07, 6.45) is 0.127. The number of hydrogen-bond donors (Lipinski definition) is 1. The van der Waals surface area contributed by atoms with Gasteiger partial charge in [0.2, 0.25) is 0 Å². The molecule has 0 saturated carbocycles. The smallest absolute Gasteiger partial charge is 0.264 e. The normalized spacial score (nSPS) is 10.4. The molecular weight excluding hydrogens is 380 g/mol. The van der Waals surface area contributed by atoms with Crippen LogP contribution in [0.5, 0.6) is 11.5 Å². The Hall–Kier alpha value is -2.88. The lowest BCUT2D eigenvalue weighted by Crippen LogP contribution is -2.08. The van der Waals surface area contributed by atoms with Gasteiger partial charge in [-0.25, -0.2) is 9.49 Å². The van der Waals surface area contributed by atoms with Crippen LogP contribution in [0.1, 0.15) is 16.8 Å². The van der Waals surface area contributed by atoms with Gasteiger partial charge in [-0.2, -0.15) is 10.4 Å². The van der Waals surface area contributed by atoms with Gasteiger partial charge in [-0.15, -0.1) is 0 Å². The Morgan fingerprint density at radius 3 is 2.62 bits per heavy atom. The number of nitrogens with zero attached hydrogens (tertiary/aromatic N) is 2. The van der Waals surface area contributed by atoms with Crippen LogP contribution in [-0.4, -0.2) is 10.2 Å². The molecule has 3 rings (SSSR count). The second kappa shape index (κ2) is 7.56. The van der Waals surface area contributed by atoms with Crippen molar-refractivity contribution in [1.82, 2.24) is 10.2 Å². The molecule has 8 heteroatoms. The summed E-state index contributed by atoms with van der Waals surface area (Å²) in [4.78, 5) is 11.1. The Morgan fingerprint density at radius 2 is 1.92 bits per heavy atom. The number of aromatic nitrogens is 2. The zero-order chi connectivity index (χ0) is 18.7. The average molecular weight is 390 g/mol. The van der Waals surface area contributed by atoms with Gasteiger partial charge in [-0.3, -0.25) is 4.79 Å². The number of hydrogen-bond acceptors (Lipinski definition) is 4. The number of halogens is 3. The highest BCUT2D eigenvalue weighted by Gasteiger charge is 2.17. The van der Waals surface area contributed by atoms with E-state index in [0.717, 1.165) is 0 Å². The van der Waals surface area contributed by atoms with Crippen LogP contribution in [0.4, 0.5) is 4.39 Å². The van der Waals surface area contributed by atoms with E-state index in [0.29, 0.717) is 11.3 Å². The summed E-state index contributed by atoms with van der Waals surface area (Å²) < 4.78 is 20.4. The zero-order valence-corrected chi connectivity index (χ0v) is 14.6. The Balaban J connectivity index is 1.96. The predicted molar refractivity (Wildman–Crippen MR) is 95.3 cm³/mol. The topological polar surface area (TPSA) is 78.8 Å². The third-order valence-corrected chi connectivity index (χ3v) is 4.12. The highest BCUT2D eigenvalue weighted by Crippen LogP contribution is 2.37. The molecule has 130 valence electrons. The SMILES string of the molecule is N#Cc1ccc(Cl)c(Oc2c(Cl)ccc(Cc3ccc(=O)[nH]n3)c2F)c1. The van der Waals surface area contributed by atoms with Crippen molar-refractivity contribution in [3.63, 3.8) is 0 Å². The van der Waals surface area contributed by atoms with Crippen molar-refractivity contribution in [3.8, 4) is 17.6 Å². The fourth-order valence-corrected chi connectivity index (χ4v) is 2.57. The van der Waals surface area contributed by atoms with E-state index in [-0.39, 0.29) is 39.1 Å². The van der Waals surface area contributed by atoms with Crippen LogP contribution >= 0.6 is 23.2 Å². The van der Waals surface area contributed by atoms with Crippen LogP contribution in [0, 0.1) is 17.1 Å². The quantitative estimate of drug-likeness (QED) is 0.713. The van der Waals surface area contributed by atoms with Gasteiger partial charge in [0.1, 0.15) is 5.75 Å². The fraction of sp³-hybridized carbons (Fsp3) is 0.0556. The minimum absolute atomic E-state index is 0.0547. The van der Waals surface area contributed by atoms with Gasteiger partial charge in [-0.05, 0) is 29.8 Å². The zero-order valence-electron chi connectivity index (χ0n) is 13.1. The molecule has 0 aliphatic carbocycles. The molecule has 3 aromatic rings. The molecule has 0 atom stereocenters. The van der Waals surface area contributed by atoms with E-state index >= 15 is 0 Å². The predicted octanol–water partition coefficient (Wildman–Crippen LogP) is 4.47. The van der Waals surface area contributed by atoms with Crippen LogP contribution in [0.3, 0.4) is 0 Å². The first kappa shape index (κ1) is 17.9. The summed E-state index contributed by atoms with van der Waals surface area (Å²) in [6.45, 7) is 0. The van der Waals surface area contributed by atoms with Crippen molar-refractivity contribution in [2.24, 2.45) is 0 Å². The van der Waals surface area contributed by atoms with E-state index in [2.05, 4.69) is 10.2 Å². The maximum absolute atomic E-state index is 14.9. The summed E-state index contributed by atoms with van der Waals surface area (Å²) in [5, 5.41) is 15.4. The summed E-state index contributed by atoms with van der Waals surface area (Å²) in [5.74, 6) is -0.764. The largest absolute Gasteiger partial charge is 0.451 e. The first-order chi connectivity index (χ1) is 12.5. The number of nitrogens with one attached hydrogen (secondary N) is 1. The van der Waals surface area contributed by atoms with Crippen molar-refractivity contribution >= 4 is 23.2 Å². The molecule has 0 unspecified atom stereocenters. The van der Waals surface area contributed by atoms with Crippen LogP contribution < -0.4 is 10.3 Å². The molecule has 26 heavy (non-hydrogen) atoms. The van der Waals surface area contributed by atoms with Gasteiger partial charge < -0.3 is 4.74 Å². The van der Waals surface area contributed by atoms with Gasteiger partial charge in [-0.1, -0.05) is 29.3 Å². The maximum atomic E-state index is 14.9. The van der Waals surface area contributed by atoms with Crippen LogP contribution in [0.25, 0.3) is 0 Å². The number of H-pyrrole nitrogens is 1. The molecule has 1 heterocycles. The van der Waals surface area contributed by atoms with E-state index in [4.69, 9.17) is 33.2 Å². The van der Waals surface area contributed by atoms with Crippen molar-refractivity contribution in [2.45, 2.75) is 6.42 Å². The van der Waals surface area contributed by atoms with Gasteiger partial charge in [0, 0.05) is 18.6 Å². The average Bonchev–Trinajstić information content (AvgIpc) is 2.64. The highest BCUT2D eigenvalue weighted by molar-refractivity contribution is 6.33. The van der Waals surface area contributed by atoms with Crippen molar-refractivity contribution < 1.29 is 9.13 Å². The Morgan fingerprint density at radius 1 is 1.15 bits per heavy atom. The van der Waals surface area contributed by atoms with E-state index in [9.17, 15) is 9.18 Å². The number of benzene rings is 2. The van der Waals surface area contributed by atoms with Crippen molar-refractivity contribution in [3.05, 3.63) is 85.5 Å². The molecule has 5 nitrogen and oxygen atoms in total. The van der Waals surface area contributed by atoms with E-state index in [1.807, 2.05) is 6.07 Å². The van der Waals surface area contributed by atoms with E-state index < -0.39 is 5.82 Å². The first-order valence-corrected chi connectivity index (χ1v) is 8.12. The number of nitriles is 1. The molecule has 1 aromatic heterocycles. The second-order valence-corrected chi connectivity index (χ2v) is 6.11. The van der Waals surface area contributed by atoms with Gasteiger partial charge in [0.25, 0.3) is 5.56 Å². The molecule has 0 aliphatic heterocycles. The Labute approximate surface area is 157 Å². The molecule has 0 radical (unpaired) electrons. The lowest BCUT2D eigenvalue weighted by molar-refractivity contribution is 0.439. The summed E-state index contributed by atoms with van der Waals surface area (Å²) in [5.41, 5.74) is 0.716. The summed E-state index contributed by atoms with van der Waals surface area (Å²) in [6, 6.07) is 12.2. The number of ether oxygens (including phenoxy) is 1. The van der Waals surface area contributed by atoms with Crippen LogP contribution in [0.2, 0.25) is 10.0 Å². The standard InChI is InChI=1S/C18H10Cl2FN3O2/c19-13-4-1-10(9-22)7-15(13)26-18-14(20)5-2-11(17(18)21)8-12-3-6-16(25)24-23-12/h1-7H,8H2,(H,24,25). The minimum atomic E-state index is -0.677. The molecule has 0 fully saturated rings. The molecule has 0 saturated heterocycles. The van der Waals surface area contributed by atoms with Gasteiger partial charge >= 0.3 is 0 Å². The van der Waals surface area contributed by atoms with Gasteiger partial charge in [0.05, 0.1) is 27.4 Å². The van der Waals surface area contributed by atoms with Crippen molar-refractivity contribution in [1.29, 1.82) is 5.26 Å². The lowest BCUT2D eigenvalue weighted by atomic mass is 10.1. The van der Waals surface area contributed by atoms with E-state index in [1.54, 1.807) is 0 Å². The van der Waals surface area contributed by atoms with Crippen molar-refractivity contribution in [2.75, 3.05) is 0 Å². The maximum Gasteiger partial charge on any atom is 0.264 e. The second-order valence-electron chi connectivity index (χ2n) is 5.30. The first-order valence-electron chi connectivity index (χ1n) is 7.37. The molecule has 2 aromatic carbocycles.